The molecule has 0 aliphatic heterocycles. The van der Waals surface area contributed by atoms with Crippen molar-refractivity contribution in [1.82, 2.24) is 29.3 Å². The van der Waals surface area contributed by atoms with Crippen LogP contribution >= 0.6 is 0 Å². The molecule has 0 unspecified atom stereocenters. The van der Waals surface area contributed by atoms with Gasteiger partial charge in [0.15, 0.2) is 0 Å². The molecule has 0 bridgehead atoms. The summed E-state index contributed by atoms with van der Waals surface area (Å²) < 4.78 is 29.0. The molecule has 1 aromatic heterocycles. The SMILES string of the molecule is CNCCCN(C)S(=O)(=O)NCCn1ccnn1. The molecule has 0 radical (unpaired) electrons. The lowest BCUT2D eigenvalue weighted by atomic mass is 10.4. The van der Waals surface area contributed by atoms with Crippen LogP contribution in [0.5, 0.6) is 0 Å². The van der Waals surface area contributed by atoms with E-state index in [1.807, 2.05) is 7.05 Å². The standard InChI is InChI=1S/C9H20N6O2S/c1-10-4-3-7-14(2)18(16,17)12-6-9-15-8-5-11-13-15/h5,8,10,12H,3-4,6-7,9H2,1-2H3. The summed E-state index contributed by atoms with van der Waals surface area (Å²) in [5.74, 6) is 0. The Hall–Kier alpha value is -1.03. The first-order chi connectivity index (χ1) is 8.56. The first kappa shape index (κ1) is 15.0. The van der Waals surface area contributed by atoms with Crippen molar-refractivity contribution < 1.29 is 8.42 Å². The summed E-state index contributed by atoms with van der Waals surface area (Å²) in [6.07, 6.45) is 4.01. The van der Waals surface area contributed by atoms with Crippen molar-refractivity contribution >= 4 is 10.2 Å². The van der Waals surface area contributed by atoms with Crippen molar-refractivity contribution in [3.63, 3.8) is 0 Å². The van der Waals surface area contributed by atoms with E-state index < -0.39 is 10.2 Å². The quantitative estimate of drug-likeness (QED) is 0.544. The van der Waals surface area contributed by atoms with Gasteiger partial charge in [0.05, 0.1) is 12.7 Å². The van der Waals surface area contributed by atoms with Crippen molar-refractivity contribution in [2.24, 2.45) is 0 Å². The van der Waals surface area contributed by atoms with E-state index in [4.69, 9.17) is 0 Å². The second-order valence-corrected chi connectivity index (χ2v) is 5.71. The third-order valence-corrected chi connectivity index (χ3v) is 3.98. The van der Waals surface area contributed by atoms with Gasteiger partial charge >= 0.3 is 0 Å². The Bertz CT molecular complexity index is 418. The average molecular weight is 276 g/mol. The smallest absolute Gasteiger partial charge is 0.279 e. The van der Waals surface area contributed by atoms with E-state index in [-0.39, 0.29) is 0 Å². The Morgan fingerprint density at radius 2 is 2.17 bits per heavy atom. The molecule has 18 heavy (non-hydrogen) atoms. The predicted octanol–water partition coefficient (Wildman–Crippen LogP) is -1.35. The topological polar surface area (TPSA) is 92.2 Å². The normalized spacial score (nSPS) is 12.2. The van der Waals surface area contributed by atoms with Crippen molar-refractivity contribution in [1.29, 1.82) is 0 Å². The van der Waals surface area contributed by atoms with Gasteiger partial charge in [-0.1, -0.05) is 5.21 Å². The second kappa shape index (κ2) is 7.41. The molecule has 0 atom stereocenters. The minimum absolute atomic E-state index is 0.294. The molecule has 1 rings (SSSR count). The molecule has 0 aliphatic rings. The van der Waals surface area contributed by atoms with Gasteiger partial charge in [0, 0.05) is 26.3 Å². The zero-order valence-electron chi connectivity index (χ0n) is 10.7. The van der Waals surface area contributed by atoms with Crippen LogP contribution in [0.25, 0.3) is 0 Å². The zero-order chi connectivity index (χ0) is 13.4. The Morgan fingerprint density at radius 1 is 1.39 bits per heavy atom. The number of nitrogens with one attached hydrogen (secondary N) is 2. The minimum atomic E-state index is -3.40. The average Bonchev–Trinajstić information content (AvgIpc) is 2.82. The van der Waals surface area contributed by atoms with Crippen molar-refractivity contribution in [2.45, 2.75) is 13.0 Å². The summed E-state index contributed by atoms with van der Waals surface area (Å²) in [4.78, 5) is 0. The van der Waals surface area contributed by atoms with E-state index in [0.29, 0.717) is 19.6 Å². The summed E-state index contributed by atoms with van der Waals surface area (Å²) >= 11 is 0. The van der Waals surface area contributed by atoms with Crippen LogP contribution in [0.3, 0.4) is 0 Å². The van der Waals surface area contributed by atoms with Gasteiger partial charge in [-0.05, 0) is 20.0 Å². The third kappa shape index (κ3) is 5.08. The highest BCUT2D eigenvalue weighted by atomic mass is 32.2. The number of nitrogens with zero attached hydrogens (tertiary/aromatic N) is 4. The fourth-order valence-electron chi connectivity index (χ4n) is 1.35. The van der Waals surface area contributed by atoms with Gasteiger partial charge in [0.25, 0.3) is 10.2 Å². The molecule has 0 saturated carbocycles. The highest BCUT2D eigenvalue weighted by Crippen LogP contribution is 1.95. The number of rotatable bonds is 9. The summed E-state index contributed by atoms with van der Waals surface area (Å²) in [6.45, 7) is 2.03. The largest absolute Gasteiger partial charge is 0.320 e. The molecule has 0 aromatic carbocycles. The molecule has 0 spiro atoms. The summed E-state index contributed by atoms with van der Waals surface area (Å²) in [6, 6.07) is 0. The molecule has 0 fully saturated rings. The molecule has 8 nitrogen and oxygen atoms in total. The lowest BCUT2D eigenvalue weighted by molar-refractivity contribution is 0.444. The third-order valence-electron chi connectivity index (χ3n) is 2.41. The highest BCUT2D eigenvalue weighted by Gasteiger charge is 2.15. The van der Waals surface area contributed by atoms with Gasteiger partial charge in [0.2, 0.25) is 0 Å². The van der Waals surface area contributed by atoms with Crippen molar-refractivity contribution in [3.05, 3.63) is 12.4 Å². The van der Waals surface area contributed by atoms with Crippen LogP contribution in [0, 0.1) is 0 Å². The summed E-state index contributed by atoms with van der Waals surface area (Å²) in [7, 11) is 0.00119. The van der Waals surface area contributed by atoms with E-state index in [1.165, 1.54) is 4.31 Å². The van der Waals surface area contributed by atoms with Crippen LogP contribution in [0.2, 0.25) is 0 Å². The molecule has 0 saturated heterocycles. The molecule has 1 aromatic rings. The number of aromatic nitrogens is 3. The Labute approximate surface area is 108 Å². The maximum absolute atomic E-state index is 11.8. The van der Waals surface area contributed by atoms with Gasteiger partial charge < -0.3 is 5.32 Å². The molecule has 0 amide bonds. The summed E-state index contributed by atoms with van der Waals surface area (Å²) in [5.41, 5.74) is 0. The van der Waals surface area contributed by atoms with Crippen LogP contribution in [-0.4, -0.2) is 61.4 Å². The second-order valence-electron chi connectivity index (χ2n) is 3.84. The molecule has 0 aliphatic carbocycles. The fourth-order valence-corrected chi connectivity index (χ4v) is 2.29. The molecular formula is C9H20N6O2S. The van der Waals surface area contributed by atoms with Crippen LogP contribution in [0.1, 0.15) is 6.42 Å². The van der Waals surface area contributed by atoms with Crippen LogP contribution in [0.15, 0.2) is 12.4 Å². The lowest BCUT2D eigenvalue weighted by Gasteiger charge is -2.17. The lowest BCUT2D eigenvalue weighted by Crippen LogP contribution is -2.40. The summed E-state index contributed by atoms with van der Waals surface area (Å²) in [5, 5.41) is 10.4. The number of hydrogen-bond acceptors (Lipinski definition) is 5. The van der Waals surface area contributed by atoms with Gasteiger partial charge in [0.1, 0.15) is 0 Å². The molecular weight excluding hydrogens is 256 g/mol. The van der Waals surface area contributed by atoms with Gasteiger partial charge in [-0.3, -0.25) is 4.68 Å². The maximum atomic E-state index is 11.8. The van der Waals surface area contributed by atoms with E-state index in [9.17, 15) is 8.42 Å². The maximum Gasteiger partial charge on any atom is 0.279 e. The van der Waals surface area contributed by atoms with Crippen molar-refractivity contribution in [3.8, 4) is 0 Å². The first-order valence-corrected chi connectivity index (χ1v) is 7.20. The van der Waals surface area contributed by atoms with Crippen LogP contribution in [-0.2, 0) is 16.8 Å². The monoisotopic (exact) mass is 276 g/mol. The van der Waals surface area contributed by atoms with E-state index in [2.05, 4.69) is 20.4 Å². The van der Waals surface area contributed by atoms with Crippen molar-refractivity contribution in [2.75, 3.05) is 33.7 Å². The number of hydrogen-bond donors (Lipinski definition) is 2. The predicted molar refractivity (Wildman–Crippen MR) is 68.1 cm³/mol. The van der Waals surface area contributed by atoms with Crippen LogP contribution < -0.4 is 10.0 Å². The van der Waals surface area contributed by atoms with Gasteiger partial charge in [-0.2, -0.15) is 12.7 Å². The molecule has 2 N–H and O–H groups in total. The van der Waals surface area contributed by atoms with E-state index in [1.54, 1.807) is 24.1 Å². The van der Waals surface area contributed by atoms with Gasteiger partial charge in [-0.15, -0.1) is 5.10 Å². The highest BCUT2D eigenvalue weighted by molar-refractivity contribution is 7.87. The Morgan fingerprint density at radius 3 is 2.78 bits per heavy atom. The first-order valence-electron chi connectivity index (χ1n) is 5.76. The van der Waals surface area contributed by atoms with E-state index >= 15 is 0 Å². The molecule has 104 valence electrons. The van der Waals surface area contributed by atoms with E-state index in [0.717, 1.165) is 13.0 Å². The fraction of sp³-hybridized carbons (Fsp3) is 0.778. The minimum Gasteiger partial charge on any atom is -0.320 e. The molecule has 9 heteroatoms. The Balaban J connectivity index is 2.30. The molecule has 1 heterocycles. The zero-order valence-corrected chi connectivity index (χ0v) is 11.5. The Kier molecular flexibility index (Phi) is 6.19. The van der Waals surface area contributed by atoms with Gasteiger partial charge in [-0.25, -0.2) is 4.72 Å². The van der Waals surface area contributed by atoms with Crippen LogP contribution in [0.4, 0.5) is 0 Å².